The van der Waals surface area contributed by atoms with E-state index in [2.05, 4.69) is 10.3 Å². The van der Waals surface area contributed by atoms with Gasteiger partial charge in [-0.05, 0) is 32.4 Å². The van der Waals surface area contributed by atoms with Crippen molar-refractivity contribution in [3.63, 3.8) is 0 Å². The van der Waals surface area contributed by atoms with Crippen LogP contribution < -0.4 is 5.32 Å². The van der Waals surface area contributed by atoms with E-state index < -0.39 is 0 Å². The van der Waals surface area contributed by atoms with Gasteiger partial charge in [0.25, 0.3) is 5.22 Å². The summed E-state index contributed by atoms with van der Waals surface area (Å²) in [4.78, 5) is 16.1. The first-order valence-electron chi connectivity index (χ1n) is 5.98. The predicted octanol–water partition coefficient (Wildman–Crippen LogP) is 3.33. The molecule has 0 aliphatic rings. The van der Waals surface area contributed by atoms with E-state index in [-0.39, 0.29) is 11.7 Å². The zero-order valence-electron chi connectivity index (χ0n) is 11.2. The van der Waals surface area contributed by atoms with Crippen LogP contribution in [0, 0.1) is 20.8 Å². The number of thioether (sulfide) groups is 1. The summed E-state index contributed by atoms with van der Waals surface area (Å²) in [5, 5.41) is 3.41. The molecule has 0 radical (unpaired) electrons. The maximum atomic E-state index is 11.8. The van der Waals surface area contributed by atoms with Crippen molar-refractivity contribution >= 4 is 23.4 Å². The lowest BCUT2D eigenvalue weighted by Gasteiger charge is -2.06. The van der Waals surface area contributed by atoms with Crippen LogP contribution in [-0.4, -0.2) is 16.6 Å². The minimum absolute atomic E-state index is 0.0622. The molecule has 4 nitrogen and oxygen atoms in total. The highest BCUT2D eigenvalue weighted by Crippen LogP contribution is 2.20. The highest BCUT2D eigenvalue weighted by molar-refractivity contribution is 7.99. The van der Waals surface area contributed by atoms with Crippen molar-refractivity contribution < 1.29 is 9.21 Å². The third-order valence-electron chi connectivity index (χ3n) is 2.75. The number of amides is 1. The van der Waals surface area contributed by atoms with Gasteiger partial charge in [0.1, 0.15) is 5.76 Å². The molecule has 0 fully saturated rings. The Hall–Kier alpha value is -1.75. The molecule has 0 bridgehead atoms. The minimum atomic E-state index is -0.0622. The number of rotatable bonds is 4. The second kappa shape index (κ2) is 5.93. The lowest BCUT2D eigenvalue weighted by molar-refractivity contribution is -0.113. The number of benzene rings is 1. The molecule has 19 heavy (non-hydrogen) atoms. The number of oxazole rings is 1. The Labute approximate surface area is 116 Å². The van der Waals surface area contributed by atoms with Gasteiger partial charge in [0.05, 0.1) is 11.4 Å². The van der Waals surface area contributed by atoms with Gasteiger partial charge in [-0.2, -0.15) is 0 Å². The fourth-order valence-corrected chi connectivity index (χ4v) is 2.24. The van der Waals surface area contributed by atoms with Crippen LogP contribution >= 0.6 is 11.8 Å². The molecule has 2 rings (SSSR count). The van der Waals surface area contributed by atoms with Gasteiger partial charge >= 0.3 is 0 Å². The molecule has 5 heteroatoms. The summed E-state index contributed by atoms with van der Waals surface area (Å²) >= 11 is 1.30. The molecule has 1 aromatic carbocycles. The van der Waals surface area contributed by atoms with Gasteiger partial charge in [-0.1, -0.05) is 30.0 Å². The Bertz CT molecular complexity index is 573. The second-order valence-electron chi connectivity index (χ2n) is 4.27. The van der Waals surface area contributed by atoms with Gasteiger partial charge in [0.15, 0.2) is 0 Å². The van der Waals surface area contributed by atoms with Gasteiger partial charge in [-0.3, -0.25) is 4.79 Å². The number of hydrogen-bond donors (Lipinski definition) is 1. The minimum Gasteiger partial charge on any atom is -0.437 e. The number of anilines is 1. The van der Waals surface area contributed by atoms with E-state index in [4.69, 9.17) is 4.42 Å². The fourth-order valence-electron chi connectivity index (χ4n) is 1.53. The molecule has 0 saturated heterocycles. The Balaban J connectivity index is 1.90. The fraction of sp³-hybridized carbons (Fsp3) is 0.286. The number of aryl methyl sites for hydroxylation is 3. The molecule has 0 aliphatic heterocycles. The van der Waals surface area contributed by atoms with E-state index >= 15 is 0 Å². The Morgan fingerprint density at radius 2 is 2.05 bits per heavy atom. The van der Waals surface area contributed by atoms with E-state index in [1.165, 1.54) is 11.8 Å². The van der Waals surface area contributed by atoms with Crippen LogP contribution in [0.5, 0.6) is 0 Å². The van der Waals surface area contributed by atoms with Gasteiger partial charge in [0.2, 0.25) is 5.91 Å². The molecular formula is C14H16N2O2S. The lowest BCUT2D eigenvalue weighted by Crippen LogP contribution is -2.14. The van der Waals surface area contributed by atoms with Crippen LogP contribution in [0.25, 0.3) is 0 Å². The van der Waals surface area contributed by atoms with E-state index in [1.54, 1.807) is 0 Å². The van der Waals surface area contributed by atoms with Crippen LogP contribution in [-0.2, 0) is 4.79 Å². The topological polar surface area (TPSA) is 55.1 Å². The van der Waals surface area contributed by atoms with Crippen LogP contribution in [0.4, 0.5) is 5.69 Å². The summed E-state index contributed by atoms with van der Waals surface area (Å²) in [7, 11) is 0. The third kappa shape index (κ3) is 3.61. The van der Waals surface area contributed by atoms with Crippen molar-refractivity contribution in [1.29, 1.82) is 0 Å². The molecule has 2 aromatic rings. The van der Waals surface area contributed by atoms with Gasteiger partial charge < -0.3 is 9.73 Å². The van der Waals surface area contributed by atoms with Gasteiger partial charge in [-0.25, -0.2) is 4.98 Å². The monoisotopic (exact) mass is 276 g/mol. The lowest BCUT2D eigenvalue weighted by atomic mass is 10.2. The molecule has 100 valence electrons. The number of carbonyl (C=O) groups excluding carboxylic acids is 1. The first kappa shape index (κ1) is 13.7. The normalized spacial score (nSPS) is 10.5. The molecule has 1 amide bonds. The molecule has 0 unspecified atom stereocenters. The summed E-state index contributed by atoms with van der Waals surface area (Å²) in [6.45, 7) is 5.71. The van der Waals surface area contributed by atoms with Crippen LogP contribution in [0.3, 0.4) is 0 Å². The number of aromatic nitrogens is 1. The highest BCUT2D eigenvalue weighted by Gasteiger charge is 2.10. The van der Waals surface area contributed by atoms with Gasteiger partial charge in [-0.15, -0.1) is 0 Å². The average Bonchev–Trinajstić information content (AvgIpc) is 2.69. The molecule has 1 N–H and O–H groups in total. The molecule has 0 spiro atoms. The summed E-state index contributed by atoms with van der Waals surface area (Å²) in [5.74, 6) is 1.02. The number of nitrogens with one attached hydrogen (secondary N) is 1. The predicted molar refractivity (Wildman–Crippen MR) is 76.5 cm³/mol. The van der Waals surface area contributed by atoms with Crippen molar-refractivity contribution in [2.45, 2.75) is 26.0 Å². The van der Waals surface area contributed by atoms with Crippen molar-refractivity contribution in [1.82, 2.24) is 4.98 Å². The number of para-hydroxylation sites is 1. The van der Waals surface area contributed by atoms with E-state index in [0.29, 0.717) is 5.22 Å². The molecular weight excluding hydrogens is 260 g/mol. The standard InChI is InChI=1S/C14H16N2O2S/c1-9-6-4-5-7-12(9)16-13(17)8-19-14-15-10(2)11(3)18-14/h4-7H,8H2,1-3H3,(H,16,17). The van der Waals surface area contributed by atoms with E-state index in [0.717, 1.165) is 22.7 Å². The number of carbonyl (C=O) groups is 1. The van der Waals surface area contributed by atoms with Crippen molar-refractivity contribution in [3.05, 3.63) is 41.3 Å². The largest absolute Gasteiger partial charge is 0.437 e. The molecule has 0 atom stereocenters. The second-order valence-corrected chi connectivity index (χ2v) is 5.20. The molecule has 0 saturated carbocycles. The SMILES string of the molecule is Cc1ccccc1NC(=O)CSc1nc(C)c(C)o1. The number of hydrogen-bond acceptors (Lipinski definition) is 4. The maximum Gasteiger partial charge on any atom is 0.256 e. The Morgan fingerprint density at radius 1 is 1.32 bits per heavy atom. The zero-order valence-corrected chi connectivity index (χ0v) is 12.0. The molecule has 0 aliphatic carbocycles. The van der Waals surface area contributed by atoms with Crippen LogP contribution in [0.1, 0.15) is 17.0 Å². The summed E-state index contributed by atoms with van der Waals surface area (Å²) in [5.41, 5.74) is 2.75. The van der Waals surface area contributed by atoms with E-state index in [1.807, 2.05) is 45.0 Å². The van der Waals surface area contributed by atoms with Crippen molar-refractivity contribution in [3.8, 4) is 0 Å². The average molecular weight is 276 g/mol. The highest BCUT2D eigenvalue weighted by atomic mass is 32.2. The summed E-state index contributed by atoms with van der Waals surface area (Å²) in [6.07, 6.45) is 0. The maximum absolute atomic E-state index is 11.8. The zero-order chi connectivity index (χ0) is 13.8. The molecule has 1 aromatic heterocycles. The Kier molecular flexibility index (Phi) is 4.27. The van der Waals surface area contributed by atoms with Crippen molar-refractivity contribution in [2.24, 2.45) is 0 Å². The quantitative estimate of drug-likeness (QED) is 0.870. The van der Waals surface area contributed by atoms with Gasteiger partial charge in [0, 0.05) is 5.69 Å². The first-order chi connectivity index (χ1) is 9.06. The smallest absolute Gasteiger partial charge is 0.256 e. The number of nitrogens with zero attached hydrogens (tertiary/aromatic N) is 1. The van der Waals surface area contributed by atoms with Crippen LogP contribution in [0.15, 0.2) is 33.9 Å². The third-order valence-corrected chi connectivity index (χ3v) is 3.58. The van der Waals surface area contributed by atoms with Crippen LogP contribution in [0.2, 0.25) is 0 Å². The molecule has 1 heterocycles. The Morgan fingerprint density at radius 3 is 2.68 bits per heavy atom. The van der Waals surface area contributed by atoms with Crippen molar-refractivity contribution in [2.75, 3.05) is 11.1 Å². The first-order valence-corrected chi connectivity index (χ1v) is 6.97. The summed E-state index contributed by atoms with van der Waals surface area (Å²) in [6, 6.07) is 7.69. The van der Waals surface area contributed by atoms with E-state index in [9.17, 15) is 4.79 Å². The summed E-state index contributed by atoms with van der Waals surface area (Å²) < 4.78 is 5.41.